The lowest BCUT2D eigenvalue weighted by Gasteiger charge is -2.07. The first-order chi connectivity index (χ1) is 12.6. The van der Waals surface area contributed by atoms with Gasteiger partial charge in [0.25, 0.3) is 0 Å². The lowest BCUT2D eigenvalue weighted by atomic mass is 10.1. The van der Waals surface area contributed by atoms with E-state index in [1.54, 1.807) is 23.5 Å². The first-order valence-electron chi connectivity index (χ1n) is 8.76. The van der Waals surface area contributed by atoms with Gasteiger partial charge in [0.1, 0.15) is 16.6 Å². The maximum Gasteiger partial charge on any atom is 0.141 e. The summed E-state index contributed by atoms with van der Waals surface area (Å²) in [5, 5.41) is 0.980. The Morgan fingerprint density at radius 2 is 2.00 bits per heavy atom. The highest BCUT2D eigenvalue weighted by Gasteiger charge is 2.13. The number of hydrogen-bond acceptors (Lipinski definition) is 3. The molecule has 0 unspecified atom stereocenters. The zero-order valence-electron chi connectivity index (χ0n) is 14.5. The van der Waals surface area contributed by atoms with E-state index >= 15 is 0 Å². The molecule has 3 aromatic rings. The standard InChI is InChI=1S/C21H19ClFNOS/c1-13-20(24-21(26-13)16-6-8-19(23)18(22)12-16)9-10-25-17-7-5-14-3-2-4-15(14)11-17/h5-8,11-12H,2-4,9-10H2,1H3. The van der Waals surface area contributed by atoms with Gasteiger partial charge in [-0.3, -0.25) is 0 Å². The van der Waals surface area contributed by atoms with Gasteiger partial charge < -0.3 is 4.74 Å². The molecule has 0 N–H and O–H groups in total. The number of thiazole rings is 1. The zero-order valence-corrected chi connectivity index (χ0v) is 16.1. The summed E-state index contributed by atoms with van der Waals surface area (Å²) >= 11 is 7.48. The molecule has 4 rings (SSSR count). The van der Waals surface area contributed by atoms with E-state index < -0.39 is 5.82 Å². The molecular formula is C21H19ClFNOS. The fraction of sp³-hybridized carbons (Fsp3) is 0.286. The minimum absolute atomic E-state index is 0.122. The molecule has 26 heavy (non-hydrogen) atoms. The second-order valence-electron chi connectivity index (χ2n) is 6.53. The number of fused-ring (bicyclic) bond motifs is 1. The highest BCUT2D eigenvalue weighted by molar-refractivity contribution is 7.15. The van der Waals surface area contributed by atoms with Crippen LogP contribution >= 0.6 is 22.9 Å². The number of rotatable bonds is 5. The van der Waals surface area contributed by atoms with Crippen LogP contribution in [0.3, 0.4) is 0 Å². The molecule has 2 nitrogen and oxygen atoms in total. The average Bonchev–Trinajstić information content (AvgIpc) is 3.24. The Hall–Kier alpha value is -1.91. The second-order valence-corrected chi connectivity index (χ2v) is 8.14. The van der Waals surface area contributed by atoms with E-state index in [9.17, 15) is 4.39 Å². The Labute approximate surface area is 161 Å². The SMILES string of the molecule is Cc1sc(-c2ccc(F)c(Cl)c2)nc1CCOc1ccc2c(c1)CCC2. The maximum atomic E-state index is 13.3. The summed E-state index contributed by atoms with van der Waals surface area (Å²) in [5.74, 6) is 0.524. The molecule has 0 atom stereocenters. The van der Waals surface area contributed by atoms with Gasteiger partial charge in [-0.05, 0) is 67.6 Å². The number of aromatic nitrogens is 1. The highest BCUT2D eigenvalue weighted by atomic mass is 35.5. The van der Waals surface area contributed by atoms with Crippen LogP contribution in [0.4, 0.5) is 4.39 Å². The van der Waals surface area contributed by atoms with Gasteiger partial charge in [-0.15, -0.1) is 11.3 Å². The summed E-state index contributed by atoms with van der Waals surface area (Å²) in [5.41, 5.74) is 4.74. The molecule has 1 heterocycles. The Bertz CT molecular complexity index is 953. The van der Waals surface area contributed by atoms with Crippen LogP contribution in [0.1, 0.15) is 28.1 Å². The molecule has 2 aromatic carbocycles. The number of aryl methyl sites for hydroxylation is 3. The fourth-order valence-corrected chi connectivity index (χ4v) is 4.45. The Morgan fingerprint density at radius 1 is 1.15 bits per heavy atom. The first kappa shape index (κ1) is 17.5. The van der Waals surface area contributed by atoms with E-state index in [-0.39, 0.29) is 5.02 Å². The van der Waals surface area contributed by atoms with Crippen LogP contribution in [-0.4, -0.2) is 11.6 Å². The van der Waals surface area contributed by atoms with Gasteiger partial charge in [-0.1, -0.05) is 17.7 Å². The predicted octanol–water partition coefficient (Wildman–Crippen LogP) is 6.02. The topological polar surface area (TPSA) is 22.1 Å². The minimum atomic E-state index is -0.410. The lowest BCUT2D eigenvalue weighted by Crippen LogP contribution is -2.03. The Morgan fingerprint density at radius 3 is 2.85 bits per heavy atom. The van der Waals surface area contributed by atoms with E-state index in [2.05, 4.69) is 25.1 Å². The smallest absolute Gasteiger partial charge is 0.141 e. The van der Waals surface area contributed by atoms with Crippen LogP contribution in [0, 0.1) is 12.7 Å². The van der Waals surface area contributed by atoms with Crippen molar-refractivity contribution >= 4 is 22.9 Å². The van der Waals surface area contributed by atoms with Crippen LogP contribution < -0.4 is 4.74 Å². The Balaban J connectivity index is 1.42. The van der Waals surface area contributed by atoms with Crippen LogP contribution in [0.5, 0.6) is 5.75 Å². The summed E-state index contributed by atoms with van der Waals surface area (Å²) in [6, 6.07) is 11.1. The molecular weight excluding hydrogens is 369 g/mol. The fourth-order valence-electron chi connectivity index (χ4n) is 3.32. The van der Waals surface area contributed by atoms with Crippen molar-refractivity contribution in [2.45, 2.75) is 32.6 Å². The van der Waals surface area contributed by atoms with Crippen LogP contribution in [0.25, 0.3) is 10.6 Å². The van der Waals surface area contributed by atoms with Crippen molar-refractivity contribution in [2.24, 2.45) is 0 Å². The molecule has 0 amide bonds. The number of hydrogen-bond donors (Lipinski definition) is 0. The van der Waals surface area contributed by atoms with Gasteiger partial charge in [-0.25, -0.2) is 9.37 Å². The quantitative estimate of drug-likeness (QED) is 0.534. The van der Waals surface area contributed by atoms with Gasteiger partial charge in [0.05, 0.1) is 17.3 Å². The van der Waals surface area contributed by atoms with Gasteiger partial charge in [0.2, 0.25) is 0 Å². The first-order valence-corrected chi connectivity index (χ1v) is 9.96. The lowest BCUT2D eigenvalue weighted by molar-refractivity contribution is 0.320. The molecule has 0 bridgehead atoms. The van der Waals surface area contributed by atoms with E-state index in [0.29, 0.717) is 6.61 Å². The van der Waals surface area contributed by atoms with E-state index in [4.69, 9.17) is 21.3 Å². The molecule has 134 valence electrons. The summed E-state index contributed by atoms with van der Waals surface area (Å²) in [7, 11) is 0. The van der Waals surface area contributed by atoms with Crippen molar-refractivity contribution in [3.8, 4) is 16.3 Å². The molecule has 0 saturated carbocycles. The predicted molar refractivity (Wildman–Crippen MR) is 105 cm³/mol. The zero-order chi connectivity index (χ0) is 18.1. The van der Waals surface area contributed by atoms with Gasteiger partial charge in [0, 0.05) is 16.9 Å². The van der Waals surface area contributed by atoms with Crippen LogP contribution in [0.15, 0.2) is 36.4 Å². The number of nitrogens with zero attached hydrogens (tertiary/aromatic N) is 1. The molecule has 1 aromatic heterocycles. The van der Waals surface area contributed by atoms with Crippen molar-refractivity contribution in [1.82, 2.24) is 4.98 Å². The number of halogens is 2. The third-order valence-electron chi connectivity index (χ3n) is 4.74. The van der Waals surface area contributed by atoms with E-state index in [1.165, 1.54) is 30.0 Å². The van der Waals surface area contributed by atoms with Crippen molar-refractivity contribution in [2.75, 3.05) is 6.61 Å². The van der Waals surface area contributed by atoms with Gasteiger partial charge in [-0.2, -0.15) is 0 Å². The monoisotopic (exact) mass is 387 g/mol. The molecule has 0 aliphatic heterocycles. The minimum Gasteiger partial charge on any atom is -0.493 e. The average molecular weight is 388 g/mol. The van der Waals surface area contributed by atoms with Crippen molar-refractivity contribution < 1.29 is 9.13 Å². The molecule has 0 saturated heterocycles. The third-order valence-corrected chi connectivity index (χ3v) is 6.09. The summed E-state index contributed by atoms with van der Waals surface area (Å²) in [6.07, 6.45) is 4.33. The van der Waals surface area contributed by atoms with Crippen molar-refractivity contribution in [3.05, 3.63) is 68.9 Å². The molecule has 1 aliphatic carbocycles. The summed E-state index contributed by atoms with van der Waals surface area (Å²) in [4.78, 5) is 5.85. The van der Waals surface area contributed by atoms with Crippen LogP contribution in [0.2, 0.25) is 5.02 Å². The molecule has 0 radical (unpaired) electrons. The third kappa shape index (κ3) is 3.62. The van der Waals surface area contributed by atoms with Crippen molar-refractivity contribution in [1.29, 1.82) is 0 Å². The maximum absolute atomic E-state index is 13.3. The van der Waals surface area contributed by atoms with E-state index in [1.807, 2.05) is 0 Å². The normalized spacial score (nSPS) is 13.0. The molecule has 0 fully saturated rings. The highest BCUT2D eigenvalue weighted by Crippen LogP contribution is 2.31. The van der Waals surface area contributed by atoms with E-state index in [0.717, 1.165) is 39.7 Å². The Kier molecular flexibility index (Phi) is 4.96. The van der Waals surface area contributed by atoms with Gasteiger partial charge >= 0.3 is 0 Å². The summed E-state index contributed by atoms with van der Waals surface area (Å²) < 4.78 is 19.3. The van der Waals surface area contributed by atoms with Gasteiger partial charge in [0.15, 0.2) is 0 Å². The number of benzene rings is 2. The number of ether oxygens (including phenoxy) is 1. The molecule has 1 aliphatic rings. The van der Waals surface area contributed by atoms with Crippen LogP contribution in [-0.2, 0) is 19.3 Å². The molecule has 5 heteroatoms. The summed E-state index contributed by atoms with van der Waals surface area (Å²) in [6.45, 7) is 2.64. The largest absolute Gasteiger partial charge is 0.493 e. The molecule has 0 spiro atoms. The second kappa shape index (κ2) is 7.37. The van der Waals surface area contributed by atoms with Crippen molar-refractivity contribution in [3.63, 3.8) is 0 Å².